The third-order valence-corrected chi connectivity index (χ3v) is 5.44. The van der Waals surface area contributed by atoms with Crippen molar-refractivity contribution in [2.24, 2.45) is 0 Å². The predicted octanol–water partition coefficient (Wildman–Crippen LogP) is 3.38. The van der Waals surface area contributed by atoms with E-state index in [1.807, 2.05) is 62.4 Å². The minimum Gasteiger partial charge on any atom is -0.490 e. The van der Waals surface area contributed by atoms with Gasteiger partial charge in [0.15, 0.2) is 11.5 Å². The number of nitrogens with one attached hydrogen (secondary N) is 1. The van der Waals surface area contributed by atoms with Gasteiger partial charge in [0.1, 0.15) is 6.04 Å². The average Bonchev–Trinajstić information content (AvgIpc) is 3.15. The lowest BCUT2D eigenvalue weighted by Gasteiger charge is -2.24. The Morgan fingerprint density at radius 1 is 1.00 bits per heavy atom. The van der Waals surface area contributed by atoms with E-state index >= 15 is 0 Å². The maximum Gasteiger partial charge on any atom is 0.242 e. The van der Waals surface area contributed by atoms with Gasteiger partial charge in [0, 0.05) is 19.5 Å². The molecule has 1 saturated heterocycles. The Morgan fingerprint density at radius 2 is 1.74 bits per heavy atom. The largest absolute Gasteiger partial charge is 0.490 e. The molecule has 3 rings (SSSR count). The maximum absolute atomic E-state index is 12.8. The summed E-state index contributed by atoms with van der Waals surface area (Å²) in [5.41, 5.74) is 2.23. The molecule has 0 unspecified atom stereocenters. The maximum atomic E-state index is 12.8. The van der Waals surface area contributed by atoms with E-state index in [0.29, 0.717) is 45.6 Å². The van der Waals surface area contributed by atoms with Gasteiger partial charge in [-0.3, -0.25) is 9.59 Å². The molecule has 1 atom stereocenters. The van der Waals surface area contributed by atoms with Crippen molar-refractivity contribution in [1.82, 2.24) is 10.2 Å². The molecular formula is C25H32N2O4. The van der Waals surface area contributed by atoms with Crippen LogP contribution in [0.15, 0.2) is 48.5 Å². The van der Waals surface area contributed by atoms with Crippen LogP contribution in [0.3, 0.4) is 0 Å². The second-order valence-corrected chi connectivity index (χ2v) is 7.57. The summed E-state index contributed by atoms with van der Waals surface area (Å²) >= 11 is 0. The van der Waals surface area contributed by atoms with Crippen LogP contribution < -0.4 is 14.8 Å². The number of likely N-dealkylation sites (tertiary alicyclic amines) is 1. The molecule has 2 amide bonds. The Balaban J connectivity index is 1.52. The monoisotopic (exact) mass is 424 g/mol. The minimum absolute atomic E-state index is 0.0592. The van der Waals surface area contributed by atoms with Crippen molar-refractivity contribution in [1.29, 1.82) is 0 Å². The average molecular weight is 425 g/mol. The van der Waals surface area contributed by atoms with Gasteiger partial charge in [-0.15, -0.1) is 0 Å². The molecule has 166 valence electrons. The first kappa shape index (κ1) is 22.7. The van der Waals surface area contributed by atoms with Crippen LogP contribution in [0.2, 0.25) is 0 Å². The van der Waals surface area contributed by atoms with Gasteiger partial charge in [-0.25, -0.2) is 0 Å². The van der Waals surface area contributed by atoms with Crippen molar-refractivity contribution in [2.75, 3.05) is 26.3 Å². The summed E-state index contributed by atoms with van der Waals surface area (Å²) in [4.78, 5) is 26.8. The fourth-order valence-electron chi connectivity index (χ4n) is 3.88. The van der Waals surface area contributed by atoms with E-state index in [-0.39, 0.29) is 17.9 Å². The van der Waals surface area contributed by atoms with E-state index in [2.05, 4.69) is 5.32 Å². The first-order valence-electron chi connectivity index (χ1n) is 11.1. The molecule has 2 aromatic carbocycles. The van der Waals surface area contributed by atoms with Crippen molar-refractivity contribution in [3.8, 4) is 11.5 Å². The summed E-state index contributed by atoms with van der Waals surface area (Å²) in [7, 11) is 0. The lowest BCUT2D eigenvalue weighted by atomic mass is 10.1. The topological polar surface area (TPSA) is 67.9 Å². The van der Waals surface area contributed by atoms with Gasteiger partial charge in [-0.2, -0.15) is 0 Å². The van der Waals surface area contributed by atoms with E-state index in [0.717, 1.165) is 23.5 Å². The number of ether oxygens (including phenoxy) is 2. The standard InChI is InChI=1S/C25H32N2O4/c1-3-30-22-12-10-20(18-23(22)31-4-2)14-16-26-25(29)21-11-13-24(28)27(21)17-15-19-8-6-5-7-9-19/h5-10,12,18,21H,3-4,11,13-17H2,1-2H3,(H,26,29)/t21-/m0/s1. The Bertz CT molecular complexity index is 869. The van der Waals surface area contributed by atoms with Gasteiger partial charge in [0.2, 0.25) is 11.8 Å². The van der Waals surface area contributed by atoms with Gasteiger partial charge in [0.05, 0.1) is 13.2 Å². The highest BCUT2D eigenvalue weighted by atomic mass is 16.5. The summed E-state index contributed by atoms with van der Waals surface area (Å²) < 4.78 is 11.3. The number of amides is 2. The van der Waals surface area contributed by atoms with Crippen LogP contribution >= 0.6 is 0 Å². The highest BCUT2D eigenvalue weighted by molar-refractivity contribution is 5.90. The van der Waals surface area contributed by atoms with E-state index in [1.54, 1.807) is 4.90 Å². The highest BCUT2D eigenvalue weighted by Crippen LogP contribution is 2.28. The molecule has 31 heavy (non-hydrogen) atoms. The van der Waals surface area contributed by atoms with Crippen molar-refractivity contribution >= 4 is 11.8 Å². The molecule has 0 spiro atoms. The lowest BCUT2D eigenvalue weighted by Crippen LogP contribution is -2.45. The molecule has 1 heterocycles. The molecule has 2 aromatic rings. The molecule has 1 aliphatic rings. The molecular weight excluding hydrogens is 392 g/mol. The number of rotatable bonds is 11. The van der Waals surface area contributed by atoms with E-state index in [9.17, 15) is 9.59 Å². The van der Waals surface area contributed by atoms with E-state index < -0.39 is 0 Å². The number of hydrogen-bond donors (Lipinski definition) is 1. The summed E-state index contributed by atoms with van der Waals surface area (Å²) in [6.45, 7) is 6.10. The van der Waals surface area contributed by atoms with Crippen molar-refractivity contribution in [2.45, 2.75) is 45.6 Å². The summed E-state index contributed by atoms with van der Waals surface area (Å²) in [6.07, 6.45) is 2.45. The van der Waals surface area contributed by atoms with Crippen molar-refractivity contribution < 1.29 is 19.1 Å². The molecule has 0 radical (unpaired) electrons. The molecule has 0 bridgehead atoms. The van der Waals surface area contributed by atoms with Crippen molar-refractivity contribution in [3.05, 3.63) is 59.7 Å². The Morgan fingerprint density at radius 3 is 2.48 bits per heavy atom. The van der Waals surface area contributed by atoms with Crippen LogP contribution in [0.1, 0.15) is 37.8 Å². The molecule has 0 aromatic heterocycles. The van der Waals surface area contributed by atoms with Gasteiger partial charge in [-0.1, -0.05) is 36.4 Å². The summed E-state index contributed by atoms with van der Waals surface area (Å²) in [5.74, 6) is 1.44. The molecule has 1 N–H and O–H groups in total. The van der Waals surface area contributed by atoms with Crippen molar-refractivity contribution in [3.63, 3.8) is 0 Å². The first-order chi connectivity index (χ1) is 15.1. The van der Waals surface area contributed by atoms with Gasteiger partial charge in [0.25, 0.3) is 0 Å². The summed E-state index contributed by atoms with van der Waals surface area (Å²) in [5, 5.41) is 3.01. The second-order valence-electron chi connectivity index (χ2n) is 7.57. The Labute approximate surface area is 184 Å². The minimum atomic E-state index is -0.379. The van der Waals surface area contributed by atoms with Gasteiger partial charge < -0.3 is 19.7 Å². The fraction of sp³-hybridized carbons (Fsp3) is 0.440. The van der Waals surface area contributed by atoms with Gasteiger partial charge in [-0.05, 0) is 56.4 Å². The predicted molar refractivity (Wildman–Crippen MR) is 120 cm³/mol. The number of nitrogens with zero attached hydrogens (tertiary/aromatic N) is 1. The van der Waals surface area contributed by atoms with E-state index in [1.165, 1.54) is 5.56 Å². The Hall–Kier alpha value is -3.02. The first-order valence-corrected chi connectivity index (χ1v) is 11.1. The number of carbonyl (C=O) groups excluding carboxylic acids is 2. The quantitative estimate of drug-likeness (QED) is 0.601. The SMILES string of the molecule is CCOc1ccc(CCNC(=O)[C@@H]2CCC(=O)N2CCc2ccccc2)cc1OCC. The zero-order chi connectivity index (χ0) is 22.1. The third-order valence-electron chi connectivity index (χ3n) is 5.44. The summed E-state index contributed by atoms with van der Waals surface area (Å²) in [6, 6.07) is 15.5. The highest BCUT2D eigenvalue weighted by Gasteiger charge is 2.35. The van der Waals surface area contributed by atoms with E-state index in [4.69, 9.17) is 9.47 Å². The molecule has 0 saturated carbocycles. The van der Waals surface area contributed by atoms with Crippen LogP contribution in [0, 0.1) is 0 Å². The number of hydrogen-bond acceptors (Lipinski definition) is 4. The second kappa shape index (κ2) is 11.4. The normalized spacial score (nSPS) is 15.7. The van der Waals surface area contributed by atoms with Crippen LogP contribution in [-0.4, -0.2) is 49.1 Å². The van der Waals surface area contributed by atoms with Crippen LogP contribution in [0.5, 0.6) is 11.5 Å². The number of carbonyl (C=O) groups is 2. The fourth-order valence-corrected chi connectivity index (χ4v) is 3.88. The molecule has 6 heteroatoms. The molecule has 6 nitrogen and oxygen atoms in total. The molecule has 0 aliphatic carbocycles. The van der Waals surface area contributed by atoms with Gasteiger partial charge >= 0.3 is 0 Å². The third kappa shape index (κ3) is 6.23. The van der Waals surface area contributed by atoms with Crippen LogP contribution in [0.4, 0.5) is 0 Å². The Kier molecular flexibility index (Phi) is 8.33. The zero-order valence-electron chi connectivity index (χ0n) is 18.4. The zero-order valence-corrected chi connectivity index (χ0v) is 18.4. The van der Waals surface area contributed by atoms with Crippen LogP contribution in [0.25, 0.3) is 0 Å². The molecule has 1 aliphatic heterocycles. The number of benzene rings is 2. The molecule has 1 fully saturated rings. The smallest absolute Gasteiger partial charge is 0.242 e. The van der Waals surface area contributed by atoms with Crippen LogP contribution in [-0.2, 0) is 22.4 Å². The lowest BCUT2D eigenvalue weighted by molar-refractivity contribution is -0.135.